The zero-order valence-electron chi connectivity index (χ0n) is 23.8. The van der Waals surface area contributed by atoms with Crippen LogP contribution in [0, 0.1) is 0 Å². The Kier molecular flexibility index (Phi) is 7.73. The van der Waals surface area contributed by atoms with E-state index in [0.29, 0.717) is 61.8 Å². The van der Waals surface area contributed by atoms with Crippen LogP contribution in [0.2, 0.25) is 0 Å². The molecule has 0 saturated carbocycles. The van der Waals surface area contributed by atoms with Crippen molar-refractivity contribution in [1.29, 1.82) is 0 Å². The lowest BCUT2D eigenvalue weighted by Gasteiger charge is -2.44. The second-order valence-electron chi connectivity index (χ2n) is 9.90. The van der Waals surface area contributed by atoms with Gasteiger partial charge in [-0.1, -0.05) is 6.07 Å². The molecule has 0 spiro atoms. The zero-order valence-corrected chi connectivity index (χ0v) is 23.8. The summed E-state index contributed by atoms with van der Waals surface area (Å²) in [6.07, 6.45) is -3.81. The average molecular weight is 585 g/mol. The number of rotatable bonds is 9. The summed E-state index contributed by atoms with van der Waals surface area (Å²) in [7, 11) is 7.61. The van der Waals surface area contributed by atoms with Crippen molar-refractivity contribution in [2.24, 2.45) is 0 Å². The van der Waals surface area contributed by atoms with E-state index in [2.05, 4.69) is 0 Å². The lowest BCUT2D eigenvalue weighted by molar-refractivity contribution is -0.291. The van der Waals surface area contributed by atoms with Gasteiger partial charge in [0.05, 0.1) is 26.4 Å². The van der Waals surface area contributed by atoms with Gasteiger partial charge in [0.1, 0.15) is 36.8 Å². The zero-order chi connectivity index (χ0) is 29.5. The summed E-state index contributed by atoms with van der Waals surface area (Å²) in [5.41, 5.74) is 2.19. The number of fused-ring (bicyclic) bond motifs is 3. The summed E-state index contributed by atoms with van der Waals surface area (Å²) < 4.78 is 57.8. The van der Waals surface area contributed by atoms with Crippen LogP contribution >= 0.6 is 0 Å². The standard InChI is InChI=1S/C30H32O12/c1-33-19-9-15-16(10-20(19)34-2)25(42-30-28(37-5)27(36-4)26(35-3)22(11-31)41-30)17-12-38-29(32)24(17)23(15)14-6-7-18-21(8-14)40-13-39-18/h6-10,22,26-28,30-31H,11-13H2,1-5H3/t22?,26-,27?,28?,30-/m1/s1. The van der Waals surface area contributed by atoms with Gasteiger partial charge in [0.25, 0.3) is 0 Å². The number of carbonyl (C=O) groups excluding carboxylic acids is 1. The highest BCUT2D eigenvalue weighted by atomic mass is 16.7. The molecule has 3 aromatic carbocycles. The van der Waals surface area contributed by atoms with Gasteiger partial charge in [-0.25, -0.2) is 4.79 Å². The molecule has 3 heterocycles. The van der Waals surface area contributed by atoms with Crippen LogP contribution < -0.4 is 23.7 Å². The van der Waals surface area contributed by atoms with E-state index in [9.17, 15) is 9.90 Å². The maximum absolute atomic E-state index is 13.3. The molecule has 0 aliphatic carbocycles. The quantitative estimate of drug-likeness (QED) is 0.371. The van der Waals surface area contributed by atoms with Crippen LogP contribution in [-0.2, 0) is 30.3 Å². The third-order valence-corrected chi connectivity index (χ3v) is 7.90. The van der Waals surface area contributed by atoms with Crippen molar-refractivity contribution in [2.75, 3.05) is 48.9 Å². The lowest BCUT2D eigenvalue weighted by atomic mass is 9.89. The lowest BCUT2D eigenvalue weighted by Crippen LogP contribution is -2.61. The number of hydrogen-bond acceptors (Lipinski definition) is 12. The molecular formula is C30H32O12. The maximum Gasteiger partial charge on any atom is 0.339 e. The molecule has 0 amide bonds. The minimum absolute atomic E-state index is 0.0342. The van der Waals surface area contributed by atoms with Crippen LogP contribution in [0.5, 0.6) is 28.7 Å². The number of aliphatic hydroxyl groups is 1. The Balaban J connectivity index is 1.58. The van der Waals surface area contributed by atoms with Gasteiger partial charge < -0.3 is 52.5 Å². The van der Waals surface area contributed by atoms with Crippen molar-refractivity contribution < 1.29 is 57.3 Å². The summed E-state index contributed by atoms with van der Waals surface area (Å²) in [5.74, 6) is 1.92. The number of aliphatic hydroxyl groups excluding tert-OH is 1. The fourth-order valence-electron chi connectivity index (χ4n) is 5.93. The van der Waals surface area contributed by atoms with Gasteiger partial charge in [-0.3, -0.25) is 0 Å². The number of benzene rings is 3. The first-order valence-electron chi connectivity index (χ1n) is 13.3. The molecule has 3 aliphatic rings. The normalized spacial score (nSPS) is 24.4. The van der Waals surface area contributed by atoms with Crippen LogP contribution in [0.1, 0.15) is 15.9 Å². The number of esters is 1. The molecule has 0 radical (unpaired) electrons. The van der Waals surface area contributed by atoms with Crippen molar-refractivity contribution in [1.82, 2.24) is 0 Å². The molecular weight excluding hydrogens is 552 g/mol. The fraction of sp³-hybridized carbons (Fsp3) is 0.433. The van der Waals surface area contributed by atoms with E-state index in [0.717, 1.165) is 0 Å². The highest BCUT2D eigenvalue weighted by Crippen LogP contribution is 2.50. The van der Waals surface area contributed by atoms with Gasteiger partial charge >= 0.3 is 5.97 Å². The third kappa shape index (κ3) is 4.46. The van der Waals surface area contributed by atoms with Crippen molar-refractivity contribution in [3.05, 3.63) is 41.5 Å². The first-order valence-corrected chi connectivity index (χ1v) is 13.3. The van der Waals surface area contributed by atoms with Gasteiger partial charge in [0.15, 0.2) is 23.0 Å². The predicted molar refractivity (Wildman–Crippen MR) is 146 cm³/mol. The van der Waals surface area contributed by atoms with Crippen molar-refractivity contribution in [3.8, 4) is 39.9 Å². The van der Waals surface area contributed by atoms with E-state index in [1.807, 2.05) is 12.1 Å². The molecule has 1 fully saturated rings. The third-order valence-electron chi connectivity index (χ3n) is 7.90. The van der Waals surface area contributed by atoms with Gasteiger partial charge in [0, 0.05) is 37.8 Å². The van der Waals surface area contributed by atoms with Crippen LogP contribution in [-0.4, -0.2) is 90.7 Å². The second kappa shape index (κ2) is 11.5. The molecule has 6 rings (SSSR count). The predicted octanol–water partition coefficient (Wildman–Crippen LogP) is 3.06. The van der Waals surface area contributed by atoms with Gasteiger partial charge in [-0.15, -0.1) is 0 Å². The molecule has 12 nitrogen and oxygen atoms in total. The molecule has 1 saturated heterocycles. The topological polar surface area (TPSA) is 130 Å². The van der Waals surface area contributed by atoms with E-state index < -0.39 is 36.7 Å². The fourth-order valence-corrected chi connectivity index (χ4v) is 5.93. The number of carbonyl (C=O) groups is 1. The largest absolute Gasteiger partial charge is 0.493 e. The van der Waals surface area contributed by atoms with Crippen LogP contribution in [0.25, 0.3) is 21.9 Å². The number of cyclic esters (lactones) is 1. The minimum atomic E-state index is -1.05. The Morgan fingerprint density at radius 3 is 2.17 bits per heavy atom. The van der Waals surface area contributed by atoms with Crippen LogP contribution in [0.4, 0.5) is 0 Å². The molecule has 12 heteroatoms. The van der Waals surface area contributed by atoms with E-state index in [-0.39, 0.29) is 20.0 Å². The van der Waals surface area contributed by atoms with E-state index >= 15 is 0 Å². The van der Waals surface area contributed by atoms with E-state index in [4.69, 9.17) is 47.4 Å². The summed E-state index contributed by atoms with van der Waals surface area (Å²) in [6.45, 7) is -0.266. The smallest absolute Gasteiger partial charge is 0.339 e. The molecule has 5 atom stereocenters. The van der Waals surface area contributed by atoms with Gasteiger partial charge in [-0.2, -0.15) is 0 Å². The van der Waals surface area contributed by atoms with Crippen LogP contribution in [0.15, 0.2) is 30.3 Å². The maximum atomic E-state index is 13.3. The highest BCUT2D eigenvalue weighted by molar-refractivity contribution is 6.14. The summed E-state index contributed by atoms with van der Waals surface area (Å²) >= 11 is 0. The molecule has 0 bridgehead atoms. The Labute approximate surface area is 241 Å². The van der Waals surface area contributed by atoms with E-state index in [1.54, 1.807) is 18.2 Å². The Morgan fingerprint density at radius 1 is 0.810 bits per heavy atom. The van der Waals surface area contributed by atoms with Gasteiger partial charge in [-0.05, 0) is 35.2 Å². The monoisotopic (exact) mass is 584 g/mol. The van der Waals surface area contributed by atoms with Gasteiger partial charge in [0.2, 0.25) is 13.1 Å². The number of ether oxygens (including phenoxy) is 10. The number of hydrogen-bond donors (Lipinski definition) is 1. The first kappa shape index (κ1) is 28.3. The Hall–Kier alpha value is -3.81. The van der Waals surface area contributed by atoms with Crippen LogP contribution in [0.3, 0.4) is 0 Å². The molecule has 42 heavy (non-hydrogen) atoms. The minimum Gasteiger partial charge on any atom is -0.493 e. The summed E-state index contributed by atoms with van der Waals surface area (Å²) in [4.78, 5) is 13.3. The molecule has 3 aromatic rings. The van der Waals surface area contributed by atoms with Crippen molar-refractivity contribution in [2.45, 2.75) is 37.3 Å². The van der Waals surface area contributed by atoms with E-state index in [1.165, 1.54) is 35.5 Å². The highest BCUT2D eigenvalue weighted by Gasteiger charge is 2.49. The number of methoxy groups -OCH3 is 5. The van der Waals surface area contributed by atoms with Crippen molar-refractivity contribution >= 4 is 16.7 Å². The molecule has 1 N–H and O–H groups in total. The Morgan fingerprint density at radius 2 is 1.50 bits per heavy atom. The molecule has 224 valence electrons. The summed E-state index contributed by atoms with van der Waals surface area (Å²) in [5, 5.41) is 11.3. The molecule has 3 unspecified atom stereocenters. The Bertz CT molecular complexity index is 1500. The summed E-state index contributed by atoms with van der Waals surface area (Å²) in [6, 6.07) is 9.05. The average Bonchev–Trinajstić information content (AvgIpc) is 3.65. The van der Waals surface area contributed by atoms with Crippen molar-refractivity contribution in [3.63, 3.8) is 0 Å². The SMILES string of the molecule is COc1cc2c(O[C@H]3OC(CO)[C@@H](OC)C(OC)C3OC)c3c(c(-c4ccc5c(c4)OCO5)c2cc1OC)C(=O)OC3. The molecule has 3 aliphatic heterocycles. The second-order valence-corrected chi connectivity index (χ2v) is 9.90. The first-order chi connectivity index (χ1) is 20.5. The molecule has 0 aromatic heterocycles.